The van der Waals surface area contributed by atoms with Crippen LogP contribution in [0.3, 0.4) is 0 Å². The first-order chi connectivity index (χ1) is 7.61. The van der Waals surface area contributed by atoms with Gasteiger partial charge in [0.25, 0.3) is 0 Å². The summed E-state index contributed by atoms with van der Waals surface area (Å²) in [6.45, 7) is 4.11. The molecule has 88 valence electrons. The van der Waals surface area contributed by atoms with E-state index < -0.39 is 0 Å². The van der Waals surface area contributed by atoms with Crippen molar-refractivity contribution in [1.82, 2.24) is 0 Å². The predicted molar refractivity (Wildman–Crippen MR) is 65.5 cm³/mol. The van der Waals surface area contributed by atoms with Gasteiger partial charge in [0.1, 0.15) is 11.5 Å². The Kier molecular flexibility index (Phi) is 5.03. The van der Waals surface area contributed by atoms with Crippen LogP contribution in [0.5, 0.6) is 5.75 Å². The van der Waals surface area contributed by atoms with E-state index >= 15 is 0 Å². The van der Waals surface area contributed by atoms with E-state index in [1.807, 2.05) is 19.1 Å². The molecule has 1 atom stereocenters. The van der Waals surface area contributed by atoms with Gasteiger partial charge in [-0.15, -0.1) is 0 Å². The molecule has 0 amide bonds. The first kappa shape index (κ1) is 12.8. The molecule has 0 spiro atoms. The molecule has 0 saturated carbocycles. The predicted octanol–water partition coefficient (Wildman–Crippen LogP) is 3.33. The minimum Gasteiger partial charge on any atom is -0.508 e. The lowest BCUT2D eigenvalue weighted by Crippen LogP contribution is -2.07. The number of rotatable bonds is 6. The highest BCUT2D eigenvalue weighted by atomic mass is 16.3. The Labute approximate surface area is 97.3 Å². The Morgan fingerprint density at radius 3 is 2.81 bits per heavy atom. The van der Waals surface area contributed by atoms with E-state index in [-0.39, 0.29) is 0 Å². The molecule has 0 fully saturated rings. The second-order valence-electron chi connectivity index (χ2n) is 4.47. The highest BCUT2D eigenvalue weighted by molar-refractivity contribution is 5.78. The van der Waals surface area contributed by atoms with E-state index in [4.69, 9.17) is 0 Å². The van der Waals surface area contributed by atoms with Crippen molar-refractivity contribution in [3.8, 4) is 5.75 Å². The third kappa shape index (κ3) is 4.47. The lowest BCUT2D eigenvalue weighted by Gasteiger charge is -2.10. The van der Waals surface area contributed by atoms with Gasteiger partial charge < -0.3 is 5.11 Å². The topological polar surface area (TPSA) is 37.3 Å². The summed E-state index contributed by atoms with van der Waals surface area (Å²) in [5.74, 6) is 0.987. The summed E-state index contributed by atoms with van der Waals surface area (Å²) in [6, 6.07) is 7.25. The number of hydrogen-bond donors (Lipinski definition) is 1. The van der Waals surface area contributed by atoms with Crippen molar-refractivity contribution in [2.24, 2.45) is 5.92 Å². The number of benzene rings is 1. The number of carbonyl (C=O) groups excluding carboxylic acids is 1. The normalized spacial score (nSPS) is 12.4. The maximum Gasteiger partial charge on any atom is 0.133 e. The van der Waals surface area contributed by atoms with Crippen molar-refractivity contribution >= 4 is 5.78 Å². The molecule has 1 unspecified atom stereocenters. The van der Waals surface area contributed by atoms with Crippen molar-refractivity contribution in [3.05, 3.63) is 29.8 Å². The first-order valence-electron chi connectivity index (χ1n) is 5.91. The average Bonchev–Trinajstić information content (AvgIpc) is 2.17. The summed E-state index contributed by atoms with van der Waals surface area (Å²) in [5.41, 5.74) is 1.09. The molecule has 1 aromatic carbocycles. The smallest absolute Gasteiger partial charge is 0.133 e. The second kappa shape index (κ2) is 6.31. The Bertz CT molecular complexity index is 344. The second-order valence-corrected chi connectivity index (χ2v) is 4.47. The summed E-state index contributed by atoms with van der Waals surface area (Å²) < 4.78 is 0. The minimum atomic E-state index is 0.296. The Morgan fingerprint density at radius 2 is 2.19 bits per heavy atom. The maximum absolute atomic E-state index is 11.5. The number of Topliss-reactive ketones (excluding diaryl/α,β-unsaturated/α-hetero) is 1. The molecular formula is C14H20O2. The highest BCUT2D eigenvalue weighted by Gasteiger charge is 2.09. The van der Waals surface area contributed by atoms with Crippen molar-refractivity contribution in [3.63, 3.8) is 0 Å². The van der Waals surface area contributed by atoms with E-state index in [0.29, 0.717) is 30.3 Å². The molecule has 0 aliphatic carbocycles. The SMILES string of the molecule is CCCC(=O)CC(C)Cc1cccc(O)c1. The molecule has 2 nitrogen and oxygen atoms in total. The van der Waals surface area contributed by atoms with Crippen LogP contribution in [0.25, 0.3) is 0 Å². The summed E-state index contributed by atoms with van der Waals surface area (Å²) in [7, 11) is 0. The van der Waals surface area contributed by atoms with Crippen molar-refractivity contribution < 1.29 is 9.90 Å². The van der Waals surface area contributed by atoms with Gasteiger partial charge in [0.15, 0.2) is 0 Å². The third-order valence-corrected chi connectivity index (χ3v) is 2.60. The summed E-state index contributed by atoms with van der Waals surface area (Å²) in [5, 5.41) is 9.33. The molecule has 0 saturated heterocycles. The Hall–Kier alpha value is -1.31. The van der Waals surface area contributed by atoms with Gasteiger partial charge in [-0.2, -0.15) is 0 Å². The first-order valence-corrected chi connectivity index (χ1v) is 5.91. The lowest BCUT2D eigenvalue weighted by atomic mass is 9.95. The quantitative estimate of drug-likeness (QED) is 0.798. The fraction of sp³-hybridized carbons (Fsp3) is 0.500. The van der Waals surface area contributed by atoms with Crippen molar-refractivity contribution in [1.29, 1.82) is 0 Å². The van der Waals surface area contributed by atoms with E-state index in [0.717, 1.165) is 18.4 Å². The molecule has 16 heavy (non-hydrogen) atoms. The molecule has 1 aromatic rings. The van der Waals surface area contributed by atoms with Crippen LogP contribution >= 0.6 is 0 Å². The van der Waals surface area contributed by atoms with Crippen LogP contribution in [-0.2, 0) is 11.2 Å². The van der Waals surface area contributed by atoms with Gasteiger partial charge in [0, 0.05) is 12.8 Å². The molecule has 0 radical (unpaired) electrons. The summed E-state index contributed by atoms with van der Waals surface area (Å²) in [6.07, 6.45) is 3.11. The zero-order valence-electron chi connectivity index (χ0n) is 10.1. The fourth-order valence-corrected chi connectivity index (χ4v) is 1.93. The van der Waals surface area contributed by atoms with Gasteiger partial charge in [-0.05, 0) is 36.5 Å². The van der Waals surface area contributed by atoms with Gasteiger partial charge in [-0.25, -0.2) is 0 Å². The highest BCUT2D eigenvalue weighted by Crippen LogP contribution is 2.17. The monoisotopic (exact) mass is 220 g/mol. The van der Waals surface area contributed by atoms with E-state index in [9.17, 15) is 9.90 Å². The third-order valence-electron chi connectivity index (χ3n) is 2.60. The minimum absolute atomic E-state index is 0.296. The van der Waals surface area contributed by atoms with Gasteiger partial charge in [0.05, 0.1) is 0 Å². The number of phenolic OH excluding ortho intramolecular Hbond substituents is 1. The zero-order valence-corrected chi connectivity index (χ0v) is 10.1. The standard InChI is InChI=1S/C14H20O2/c1-3-5-13(15)9-11(2)8-12-6-4-7-14(16)10-12/h4,6-7,10-11,16H,3,5,8-9H2,1-2H3. The molecule has 0 heterocycles. The molecular weight excluding hydrogens is 200 g/mol. The number of ketones is 1. The summed E-state index contributed by atoms with van der Waals surface area (Å²) in [4.78, 5) is 11.5. The molecule has 0 aromatic heterocycles. The molecule has 0 aliphatic heterocycles. The summed E-state index contributed by atoms with van der Waals surface area (Å²) >= 11 is 0. The maximum atomic E-state index is 11.5. The van der Waals surface area contributed by atoms with Crippen LogP contribution in [0.15, 0.2) is 24.3 Å². The van der Waals surface area contributed by atoms with E-state index in [2.05, 4.69) is 6.92 Å². The lowest BCUT2D eigenvalue weighted by molar-refractivity contribution is -0.119. The fourth-order valence-electron chi connectivity index (χ4n) is 1.93. The Balaban J connectivity index is 2.45. The number of carbonyl (C=O) groups is 1. The van der Waals surface area contributed by atoms with Crippen LogP contribution in [0.4, 0.5) is 0 Å². The van der Waals surface area contributed by atoms with Crippen LogP contribution < -0.4 is 0 Å². The number of phenols is 1. The van der Waals surface area contributed by atoms with Gasteiger partial charge in [0.2, 0.25) is 0 Å². The van der Waals surface area contributed by atoms with Crippen LogP contribution in [0.1, 0.15) is 38.7 Å². The Morgan fingerprint density at radius 1 is 1.44 bits per heavy atom. The van der Waals surface area contributed by atoms with Crippen molar-refractivity contribution in [2.75, 3.05) is 0 Å². The van der Waals surface area contributed by atoms with Gasteiger partial charge >= 0.3 is 0 Å². The number of aromatic hydroxyl groups is 1. The molecule has 0 bridgehead atoms. The van der Waals surface area contributed by atoms with Crippen molar-refractivity contribution in [2.45, 2.75) is 39.5 Å². The van der Waals surface area contributed by atoms with Crippen LogP contribution in [0, 0.1) is 5.92 Å². The van der Waals surface area contributed by atoms with Gasteiger partial charge in [-0.3, -0.25) is 4.79 Å². The van der Waals surface area contributed by atoms with E-state index in [1.165, 1.54) is 0 Å². The van der Waals surface area contributed by atoms with E-state index in [1.54, 1.807) is 12.1 Å². The molecule has 2 heteroatoms. The molecule has 0 aliphatic rings. The van der Waals surface area contributed by atoms with Gasteiger partial charge in [-0.1, -0.05) is 26.0 Å². The van der Waals surface area contributed by atoms with Crippen LogP contribution in [-0.4, -0.2) is 10.9 Å². The average molecular weight is 220 g/mol. The van der Waals surface area contributed by atoms with Crippen LogP contribution in [0.2, 0.25) is 0 Å². The zero-order chi connectivity index (χ0) is 12.0. The largest absolute Gasteiger partial charge is 0.508 e. The molecule has 1 N–H and O–H groups in total. The molecule has 1 rings (SSSR count). The number of hydrogen-bond acceptors (Lipinski definition) is 2.